The van der Waals surface area contributed by atoms with Crippen molar-refractivity contribution in [3.63, 3.8) is 0 Å². The minimum atomic E-state index is 0.112. The van der Waals surface area contributed by atoms with Crippen molar-refractivity contribution in [2.45, 2.75) is 26.7 Å². The number of hydrogen-bond donors (Lipinski definition) is 2. The van der Waals surface area contributed by atoms with Gasteiger partial charge in [-0.25, -0.2) is 4.98 Å². The Morgan fingerprint density at radius 2 is 1.95 bits per heavy atom. The van der Waals surface area contributed by atoms with Crippen LogP contribution in [0.1, 0.15) is 30.9 Å². The van der Waals surface area contributed by atoms with Gasteiger partial charge in [0, 0.05) is 6.07 Å². The predicted octanol–water partition coefficient (Wildman–Crippen LogP) is 3.20. The maximum atomic E-state index is 5.86. The lowest BCUT2D eigenvalue weighted by molar-refractivity contribution is 0.471. The van der Waals surface area contributed by atoms with Gasteiger partial charge in [-0.3, -0.25) is 4.99 Å². The van der Waals surface area contributed by atoms with Gasteiger partial charge in [-0.1, -0.05) is 13.8 Å². The number of aliphatic imine (C=N–C) groups is 1. The second kappa shape index (κ2) is 5.78. The van der Waals surface area contributed by atoms with Crippen LogP contribution >= 0.6 is 0 Å². The van der Waals surface area contributed by atoms with Gasteiger partial charge in [0.05, 0.1) is 11.9 Å². The molecule has 0 aliphatic rings. The molecule has 0 aliphatic heterocycles. The molecule has 1 aromatic carbocycles. The molecule has 0 saturated heterocycles. The molecule has 0 amide bonds. The molecule has 6 nitrogen and oxygen atoms in total. The van der Waals surface area contributed by atoms with Crippen molar-refractivity contribution in [3.8, 4) is 11.5 Å². The van der Waals surface area contributed by atoms with E-state index in [1.54, 1.807) is 0 Å². The van der Waals surface area contributed by atoms with Crippen LogP contribution in [0.4, 0.5) is 17.5 Å². The second-order valence-corrected chi connectivity index (χ2v) is 5.07. The van der Waals surface area contributed by atoms with Crippen molar-refractivity contribution in [2.24, 2.45) is 4.99 Å². The summed E-state index contributed by atoms with van der Waals surface area (Å²) in [5.74, 6) is 1.63. The Balaban J connectivity index is 2.49. The molecule has 0 aliphatic carbocycles. The number of ether oxygens (including phenoxy) is 1. The topological polar surface area (TPSA) is 99.4 Å². The number of nitrogens with two attached hydrogens (primary N) is 2. The van der Waals surface area contributed by atoms with Crippen molar-refractivity contribution >= 4 is 24.2 Å². The molecule has 4 N–H and O–H groups in total. The van der Waals surface area contributed by atoms with Gasteiger partial charge in [0.1, 0.15) is 5.75 Å². The lowest BCUT2D eigenvalue weighted by Crippen LogP contribution is -2.02. The fraction of sp³-hybridized carbons (Fsp3) is 0.267. The minimum absolute atomic E-state index is 0.112. The summed E-state index contributed by atoms with van der Waals surface area (Å²) in [7, 11) is 0. The predicted molar refractivity (Wildman–Crippen MR) is 85.4 cm³/mol. The SMILES string of the molecule is C=Nc1cc(Oc2cnc(N)nc2N)c(C(C)C)cc1C. The van der Waals surface area contributed by atoms with Crippen LogP contribution in [0.15, 0.2) is 23.3 Å². The Morgan fingerprint density at radius 1 is 1.24 bits per heavy atom. The van der Waals surface area contributed by atoms with Gasteiger partial charge in [0.2, 0.25) is 5.95 Å². The third kappa shape index (κ3) is 3.10. The summed E-state index contributed by atoms with van der Waals surface area (Å²) in [5, 5.41) is 0. The molecule has 0 saturated carbocycles. The molecule has 2 rings (SSSR count). The first kappa shape index (κ1) is 14.8. The first-order chi connectivity index (χ1) is 9.92. The highest BCUT2D eigenvalue weighted by Gasteiger charge is 2.14. The van der Waals surface area contributed by atoms with E-state index < -0.39 is 0 Å². The van der Waals surface area contributed by atoms with Gasteiger partial charge in [-0.2, -0.15) is 4.98 Å². The molecular formula is C15H19N5O. The number of aryl methyl sites for hydroxylation is 1. The molecule has 0 spiro atoms. The Kier molecular flexibility index (Phi) is 4.07. The molecule has 1 aromatic heterocycles. The van der Waals surface area contributed by atoms with Crippen molar-refractivity contribution in [1.82, 2.24) is 9.97 Å². The molecule has 6 heteroatoms. The highest BCUT2D eigenvalue weighted by atomic mass is 16.5. The quantitative estimate of drug-likeness (QED) is 0.840. The zero-order valence-electron chi connectivity index (χ0n) is 12.4. The van der Waals surface area contributed by atoms with Crippen molar-refractivity contribution in [3.05, 3.63) is 29.5 Å². The number of benzene rings is 1. The van der Waals surface area contributed by atoms with E-state index in [1.165, 1.54) is 6.20 Å². The zero-order chi connectivity index (χ0) is 15.6. The van der Waals surface area contributed by atoms with E-state index in [-0.39, 0.29) is 17.7 Å². The van der Waals surface area contributed by atoms with Gasteiger partial charge in [-0.15, -0.1) is 0 Å². The lowest BCUT2D eigenvalue weighted by Gasteiger charge is -2.16. The van der Waals surface area contributed by atoms with E-state index in [0.717, 1.165) is 16.8 Å². The Hall–Kier alpha value is -2.63. The van der Waals surface area contributed by atoms with Crippen LogP contribution in [0.2, 0.25) is 0 Å². The van der Waals surface area contributed by atoms with Crippen LogP contribution in [-0.4, -0.2) is 16.7 Å². The number of nitrogens with zero attached hydrogens (tertiary/aromatic N) is 3. The van der Waals surface area contributed by atoms with E-state index in [9.17, 15) is 0 Å². The van der Waals surface area contributed by atoms with Gasteiger partial charge in [-0.05, 0) is 36.8 Å². The van der Waals surface area contributed by atoms with Crippen molar-refractivity contribution in [1.29, 1.82) is 0 Å². The van der Waals surface area contributed by atoms with Crippen molar-refractivity contribution in [2.75, 3.05) is 11.5 Å². The molecule has 21 heavy (non-hydrogen) atoms. The van der Waals surface area contributed by atoms with Crippen LogP contribution in [0.3, 0.4) is 0 Å². The van der Waals surface area contributed by atoms with Gasteiger partial charge in [0.25, 0.3) is 0 Å². The summed E-state index contributed by atoms with van der Waals surface area (Å²) in [4.78, 5) is 11.8. The first-order valence-electron chi connectivity index (χ1n) is 6.59. The Labute approximate surface area is 123 Å². The minimum Gasteiger partial charge on any atom is -0.451 e. The van der Waals surface area contributed by atoms with Crippen LogP contribution in [0.25, 0.3) is 0 Å². The number of hydrogen-bond acceptors (Lipinski definition) is 6. The molecule has 0 atom stereocenters. The fourth-order valence-electron chi connectivity index (χ4n) is 2.00. The molecule has 0 radical (unpaired) electrons. The Bertz CT molecular complexity index is 682. The van der Waals surface area contributed by atoms with Crippen LogP contribution in [0.5, 0.6) is 11.5 Å². The largest absolute Gasteiger partial charge is 0.451 e. The average molecular weight is 285 g/mol. The molecule has 110 valence electrons. The second-order valence-electron chi connectivity index (χ2n) is 5.07. The van der Waals surface area contributed by atoms with Crippen LogP contribution in [-0.2, 0) is 0 Å². The van der Waals surface area contributed by atoms with E-state index in [0.29, 0.717) is 11.5 Å². The highest BCUT2D eigenvalue weighted by molar-refractivity contribution is 5.59. The van der Waals surface area contributed by atoms with Gasteiger partial charge < -0.3 is 16.2 Å². The summed E-state index contributed by atoms with van der Waals surface area (Å²) in [6.07, 6.45) is 1.46. The summed E-state index contributed by atoms with van der Waals surface area (Å²) in [6.45, 7) is 9.74. The number of anilines is 2. The number of rotatable bonds is 4. The molecule has 0 bridgehead atoms. The monoisotopic (exact) mass is 285 g/mol. The van der Waals surface area contributed by atoms with Crippen molar-refractivity contribution < 1.29 is 4.74 Å². The van der Waals surface area contributed by atoms with Crippen LogP contribution < -0.4 is 16.2 Å². The fourth-order valence-corrected chi connectivity index (χ4v) is 2.00. The average Bonchev–Trinajstić information content (AvgIpc) is 2.42. The summed E-state index contributed by atoms with van der Waals surface area (Å²) >= 11 is 0. The first-order valence-corrected chi connectivity index (χ1v) is 6.59. The third-order valence-corrected chi connectivity index (χ3v) is 3.14. The maximum Gasteiger partial charge on any atom is 0.222 e. The van der Waals surface area contributed by atoms with E-state index in [2.05, 4.69) is 35.5 Å². The summed E-state index contributed by atoms with van der Waals surface area (Å²) in [5.41, 5.74) is 14.2. The number of nitrogen functional groups attached to an aromatic ring is 2. The third-order valence-electron chi connectivity index (χ3n) is 3.14. The standard InChI is InChI=1S/C15H19N5O/c1-8(2)10-5-9(3)11(18-4)6-12(10)21-13-7-19-15(17)20-14(13)16/h5-8H,4H2,1-3H3,(H4,16,17,19,20). The normalized spacial score (nSPS) is 10.7. The molecule has 1 heterocycles. The van der Waals surface area contributed by atoms with E-state index in [4.69, 9.17) is 16.2 Å². The summed E-state index contributed by atoms with van der Waals surface area (Å²) < 4.78 is 5.86. The van der Waals surface area contributed by atoms with Gasteiger partial charge in [0.15, 0.2) is 11.6 Å². The van der Waals surface area contributed by atoms with E-state index >= 15 is 0 Å². The molecule has 0 fully saturated rings. The van der Waals surface area contributed by atoms with Crippen LogP contribution in [0, 0.1) is 6.92 Å². The maximum absolute atomic E-state index is 5.86. The summed E-state index contributed by atoms with van der Waals surface area (Å²) in [6, 6.07) is 3.88. The smallest absolute Gasteiger partial charge is 0.222 e. The lowest BCUT2D eigenvalue weighted by atomic mass is 9.99. The molecular weight excluding hydrogens is 266 g/mol. The van der Waals surface area contributed by atoms with E-state index in [1.807, 2.05) is 19.1 Å². The molecule has 2 aromatic rings. The van der Waals surface area contributed by atoms with Gasteiger partial charge >= 0.3 is 0 Å². The number of aromatic nitrogens is 2. The highest BCUT2D eigenvalue weighted by Crippen LogP contribution is 2.37. The molecule has 0 unspecified atom stereocenters. The zero-order valence-corrected chi connectivity index (χ0v) is 12.4. The Morgan fingerprint density at radius 3 is 2.52 bits per heavy atom.